The topological polar surface area (TPSA) is 65.0 Å². The van der Waals surface area contributed by atoms with Gasteiger partial charge in [0.2, 0.25) is 0 Å². The fraction of sp³-hybridized carbons (Fsp3) is 0.778. The van der Waals surface area contributed by atoms with Gasteiger partial charge in [-0.2, -0.15) is 0 Å². The Morgan fingerprint density at radius 2 is 2.03 bits per heavy atom. The Morgan fingerprint density at radius 1 is 1.24 bits per heavy atom. The molecule has 3 atom stereocenters. The average Bonchev–Trinajstić information content (AvgIpc) is 2.82. The first-order valence-electron chi connectivity index (χ1n) is 13.0. The van der Waals surface area contributed by atoms with Crippen molar-refractivity contribution in [3.63, 3.8) is 0 Å². The van der Waals surface area contributed by atoms with Crippen molar-refractivity contribution in [2.75, 3.05) is 40.4 Å². The maximum atomic E-state index is 12.1. The summed E-state index contributed by atoms with van der Waals surface area (Å²) in [5.74, 6) is 0.132. The van der Waals surface area contributed by atoms with Gasteiger partial charge in [0.15, 0.2) is 0 Å². The zero-order chi connectivity index (χ0) is 23.7. The summed E-state index contributed by atoms with van der Waals surface area (Å²) in [4.78, 5) is 2.53. The highest BCUT2D eigenvalue weighted by atomic mass is 35.5. The zero-order valence-electron chi connectivity index (χ0n) is 20.7. The maximum Gasteiger partial charge on any atom is 0.0937 e. The molecule has 1 aromatic rings. The molecule has 0 bridgehead atoms. The van der Waals surface area contributed by atoms with Crippen molar-refractivity contribution in [1.29, 1.82) is 0 Å². The molecular formula is C27H45ClN2O3. The van der Waals surface area contributed by atoms with Gasteiger partial charge in [0, 0.05) is 43.8 Å². The zero-order valence-corrected chi connectivity index (χ0v) is 21.5. The molecule has 0 amide bonds. The van der Waals surface area contributed by atoms with Gasteiger partial charge < -0.3 is 20.3 Å². The number of piperidine rings is 1. The number of halogens is 1. The van der Waals surface area contributed by atoms with Gasteiger partial charge in [-0.3, -0.25) is 4.90 Å². The van der Waals surface area contributed by atoms with E-state index in [0.717, 1.165) is 83.0 Å². The number of unbranched alkanes of at least 4 members (excludes halogenated alkanes) is 1. The molecule has 1 aromatic carbocycles. The maximum absolute atomic E-state index is 12.1. The number of benzene rings is 1. The van der Waals surface area contributed by atoms with Crippen molar-refractivity contribution in [2.45, 2.75) is 87.9 Å². The van der Waals surface area contributed by atoms with E-state index in [2.05, 4.69) is 10.2 Å². The first kappa shape index (κ1) is 26.9. The van der Waals surface area contributed by atoms with Gasteiger partial charge in [-0.25, -0.2) is 0 Å². The number of hydrogen-bond donors (Lipinski definition) is 3. The second-order valence-corrected chi connectivity index (χ2v) is 10.9. The van der Waals surface area contributed by atoms with Gasteiger partial charge in [0.1, 0.15) is 0 Å². The number of likely N-dealkylation sites (tertiary alicyclic amines) is 1. The lowest BCUT2D eigenvalue weighted by molar-refractivity contribution is -0.0779. The Kier molecular flexibility index (Phi) is 10.5. The minimum atomic E-state index is -0.913. The van der Waals surface area contributed by atoms with Gasteiger partial charge >= 0.3 is 0 Å². The smallest absolute Gasteiger partial charge is 0.0937 e. The van der Waals surface area contributed by atoms with E-state index in [4.69, 9.17) is 16.3 Å². The monoisotopic (exact) mass is 480 g/mol. The number of likely N-dealkylation sites (N-methyl/N-ethyl adjacent to an activating group) is 1. The van der Waals surface area contributed by atoms with Crippen LogP contribution in [0.4, 0.5) is 0 Å². The normalized spacial score (nSPS) is 24.3. The fourth-order valence-electron chi connectivity index (χ4n) is 6.13. The van der Waals surface area contributed by atoms with E-state index in [1.54, 1.807) is 7.11 Å². The number of aliphatic hydroxyl groups is 2. The van der Waals surface area contributed by atoms with Crippen molar-refractivity contribution in [3.05, 3.63) is 34.9 Å². The molecular weight excluding hydrogens is 436 g/mol. The largest absolute Gasteiger partial charge is 0.390 e. The Labute approximate surface area is 205 Å². The predicted octanol–water partition coefficient (Wildman–Crippen LogP) is 4.73. The number of ether oxygens (including phenoxy) is 1. The SMILES string of the molecule is CNCC(CC1(O)CCCCC1)N1CCCC(C(O)(CCCCOC)c2cccc(Cl)c2)C1. The number of nitrogens with zero attached hydrogens (tertiary/aromatic N) is 1. The van der Waals surface area contributed by atoms with Crippen LogP contribution in [0.15, 0.2) is 24.3 Å². The number of hydrogen-bond acceptors (Lipinski definition) is 5. The molecule has 6 heteroatoms. The van der Waals surface area contributed by atoms with Crippen LogP contribution < -0.4 is 5.32 Å². The molecule has 2 fully saturated rings. The first-order chi connectivity index (χ1) is 15.9. The van der Waals surface area contributed by atoms with Crippen LogP contribution in [0.1, 0.15) is 76.2 Å². The van der Waals surface area contributed by atoms with Crippen LogP contribution in [0.5, 0.6) is 0 Å². The van der Waals surface area contributed by atoms with Gasteiger partial charge in [0.25, 0.3) is 0 Å². The van der Waals surface area contributed by atoms with Crippen molar-refractivity contribution >= 4 is 11.6 Å². The second kappa shape index (κ2) is 12.9. The molecule has 2 aliphatic rings. The summed E-state index contributed by atoms with van der Waals surface area (Å²) in [7, 11) is 3.72. The Bertz CT molecular complexity index is 712. The minimum absolute atomic E-state index is 0.132. The van der Waals surface area contributed by atoms with Crippen molar-refractivity contribution in [2.24, 2.45) is 5.92 Å². The van der Waals surface area contributed by atoms with E-state index >= 15 is 0 Å². The van der Waals surface area contributed by atoms with Gasteiger partial charge in [-0.05, 0) is 82.7 Å². The van der Waals surface area contributed by atoms with Gasteiger partial charge in [0.05, 0.1) is 11.2 Å². The Hall–Kier alpha value is -0.690. The number of methoxy groups -OCH3 is 1. The van der Waals surface area contributed by atoms with Crippen LogP contribution in [-0.4, -0.2) is 67.2 Å². The molecule has 3 unspecified atom stereocenters. The summed E-state index contributed by atoms with van der Waals surface area (Å²) in [6.07, 6.45) is 10.7. The van der Waals surface area contributed by atoms with E-state index in [-0.39, 0.29) is 12.0 Å². The number of nitrogens with one attached hydrogen (secondary N) is 1. The predicted molar refractivity (Wildman–Crippen MR) is 136 cm³/mol. The van der Waals surface area contributed by atoms with Crippen LogP contribution in [0.3, 0.4) is 0 Å². The molecule has 5 nitrogen and oxygen atoms in total. The van der Waals surface area contributed by atoms with E-state index in [9.17, 15) is 10.2 Å². The highest BCUT2D eigenvalue weighted by molar-refractivity contribution is 6.30. The highest BCUT2D eigenvalue weighted by Crippen LogP contribution is 2.41. The molecule has 1 aliphatic carbocycles. The van der Waals surface area contributed by atoms with E-state index < -0.39 is 11.2 Å². The summed E-state index contributed by atoms with van der Waals surface area (Å²) in [5.41, 5.74) is -0.533. The van der Waals surface area contributed by atoms with Crippen LogP contribution in [-0.2, 0) is 10.3 Å². The van der Waals surface area contributed by atoms with E-state index in [1.807, 2.05) is 31.3 Å². The molecule has 1 heterocycles. The third kappa shape index (κ3) is 7.39. The molecule has 1 aliphatic heterocycles. The van der Waals surface area contributed by atoms with Crippen molar-refractivity contribution < 1.29 is 14.9 Å². The average molecular weight is 481 g/mol. The number of rotatable bonds is 12. The molecule has 1 saturated heterocycles. The molecule has 188 valence electrons. The quantitative estimate of drug-likeness (QED) is 0.377. The van der Waals surface area contributed by atoms with Crippen LogP contribution in [0.25, 0.3) is 0 Å². The lowest BCUT2D eigenvalue weighted by Crippen LogP contribution is -2.54. The minimum Gasteiger partial charge on any atom is -0.390 e. The summed E-state index contributed by atoms with van der Waals surface area (Å²) in [6, 6.07) is 8.06. The third-order valence-electron chi connectivity index (χ3n) is 7.97. The second-order valence-electron chi connectivity index (χ2n) is 10.4. The Morgan fingerprint density at radius 3 is 2.73 bits per heavy atom. The Balaban J connectivity index is 1.77. The molecule has 0 radical (unpaired) electrons. The van der Waals surface area contributed by atoms with Crippen molar-refractivity contribution in [1.82, 2.24) is 10.2 Å². The molecule has 33 heavy (non-hydrogen) atoms. The summed E-state index contributed by atoms with van der Waals surface area (Å²) in [5, 5.41) is 27.4. The van der Waals surface area contributed by atoms with E-state index in [1.165, 1.54) is 6.42 Å². The van der Waals surface area contributed by atoms with Crippen LogP contribution in [0.2, 0.25) is 5.02 Å². The van der Waals surface area contributed by atoms with Crippen molar-refractivity contribution in [3.8, 4) is 0 Å². The lowest BCUT2D eigenvalue weighted by atomic mass is 9.73. The third-order valence-corrected chi connectivity index (χ3v) is 8.20. The van der Waals surface area contributed by atoms with Crippen LogP contribution >= 0.6 is 11.6 Å². The molecule has 0 spiro atoms. The van der Waals surface area contributed by atoms with E-state index in [0.29, 0.717) is 18.1 Å². The van der Waals surface area contributed by atoms with Gasteiger partial charge in [-0.1, -0.05) is 43.0 Å². The summed E-state index contributed by atoms with van der Waals surface area (Å²) >= 11 is 6.34. The lowest BCUT2D eigenvalue weighted by Gasteiger charge is -2.47. The highest BCUT2D eigenvalue weighted by Gasteiger charge is 2.42. The summed E-state index contributed by atoms with van der Waals surface area (Å²) in [6.45, 7) is 3.44. The van der Waals surface area contributed by atoms with Gasteiger partial charge in [-0.15, -0.1) is 0 Å². The molecule has 3 rings (SSSR count). The van der Waals surface area contributed by atoms with Crippen LogP contribution in [0, 0.1) is 5.92 Å². The summed E-state index contributed by atoms with van der Waals surface area (Å²) < 4.78 is 5.24. The molecule has 1 saturated carbocycles. The fourth-order valence-corrected chi connectivity index (χ4v) is 6.32. The molecule has 3 N–H and O–H groups in total. The first-order valence-corrected chi connectivity index (χ1v) is 13.4. The standard InChI is InChI=1S/C27H45ClN2O3/c1-29-20-25(19-26(31)13-4-3-5-14-26)30-16-9-11-23(21-30)27(32,15-6-7-17-33-2)22-10-8-12-24(28)18-22/h8,10,12,18,23,25,29,31-32H,3-7,9,11,13-17,19-21H2,1-2H3. The molecule has 0 aromatic heterocycles.